The van der Waals surface area contributed by atoms with Gasteiger partial charge in [0.2, 0.25) is 0 Å². The van der Waals surface area contributed by atoms with Gasteiger partial charge >= 0.3 is 80.9 Å². The molecule has 0 fully saturated rings. The first-order chi connectivity index (χ1) is 3.77. The van der Waals surface area contributed by atoms with E-state index >= 15 is 0 Å². The quantitative estimate of drug-likeness (QED) is 0.317. The fourth-order valence-electron chi connectivity index (χ4n) is 0.519. The van der Waals surface area contributed by atoms with E-state index in [1.807, 2.05) is 6.92 Å². The fourth-order valence-corrected chi connectivity index (χ4v) is 0.519. The summed E-state index contributed by atoms with van der Waals surface area (Å²) in [4.78, 5) is 9.76. The van der Waals surface area contributed by atoms with Crippen LogP contribution in [0.2, 0.25) is 0 Å². The number of carboxylic acid groups (broad SMARTS) is 1. The summed E-state index contributed by atoms with van der Waals surface area (Å²) >= 11 is 0. The Bertz CT molecular complexity index is 78.1. The van der Waals surface area contributed by atoms with Crippen LogP contribution in [0.15, 0.2) is 0 Å². The molecule has 0 rings (SSSR count). The van der Waals surface area contributed by atoms with E-state index in [0.29, 0.717) is 0 Å². The van der Waals surface area contributed by atoms with Crippen LogP contribution in [0.4, 0.5) is 0 Å². The van der Waals surface area contributed by atoms with Gasteiger partial charge in [-0.2, -0.15) is 0 Å². The molecule has 0 spiro atoms. The van der Waals surface area contributed by atoms with Crippen molar-refractivity contribution in [1.82, 2.24) is 0 Å². The first-order valence-electron chi connectivity index (χ1n) is 2.97. The molecular weight excluding hydrogens is 166 g/mol. The molecule has 0 bridgehead atoms. The van der Waals surface area contributed by atoms with Crippen molar-refractivity contribution in [2.24, 2.45) is 0 Å². The second-order valence-electron chi connectivity index (χ2n) is 1.83. The Morgan fingerprint density at radius 3 is 2.20 bits per heavy atom. The van der Waals surface area contributed by atoms with E-state index in [2.05, 4.69) is 0 Å². The minimum atomic E-state index is -0.932. The van der Waals surface area contributed by atoms with Crippen molar-refractivity contribution >= 4 is 5.97 Å². The minimum absolute atomic E-state index is 0. The third kappa shape index (κ3) is 16.6. The molecule has 0 unspecified atom stereocenters. The van der Waals surface area contributed by atoms with Gasteiger partial charge in [-0.05, 0) is 12.8 Å². The van der Waals surface area contributed by atoms with E-state index in [1.54, 1.807) is 0 Å². The SMILES string of the molecule is CCCCCC(=O)[O-].[K+].[Na+]. The van der Waals surface area contributed by atoms with Gasteiger partial charge in [-0.3, -0.25) is 0 Å². The summed E-state index contributed by atoms with van der Waals surface area (Å²) in [6.45, 7) is 2.04. The number of carboxylic acids is 1. The zero-order chi connectivity index (χ0) is 6.41. The number of hydrogen-bond acceptors (Lipinski definition) is 2. The largest absolute Gasteiger partial charge is 1.00 e. The molecule has 0 aliphatic carbocycles. The third-order valence-corrected chi connectivity index (χ3v) is 0.984. The number of hydrogen-bond donors (Lipinski definition) is 0. The van der Waals surface area contributed by atoms with E-state index < -0.39 is 5.97 Å². The summed E-state index contributed by atoms with van der Waals surface area (Å²) in [7, 11) is 0. The van der Waals surface area contributed by atoms with Gasteiger partial charge in [-0.1, -0.05) is 19.8 Å². The van der Waals surface area contributed by atoms with Crippen LogP contribution in [0.5, 0.6) is 0 Å². The predicted octanol–water partition coefficient (Wildman–Crippen LogP) is -5.68. The van der Waals surface area contributed by atoms with Gasteiger partial charge in [0.1, 0.15) is 0 Å². The van der Waals surface area contributed by atoms with Gasteiger partial charge in [0, 0.05) is 5.97 Å². The smallest absolute Gasteiger partial charge is 0.550 e. The van der Waals surface area contributed by atoms with Crippen LogP contribution < -0.4 is 86.0 Å². The number of aliphatic carboxylic acids is 1. The molecule has 0 aromatic heterocycles. The second-order valence-corrected chi connectivity index (χ2v) is 1.83. The maximum atomic E-state index is 9.76. The van der Waals surface area contributed by atoms with Crippen LogP contribution in [0, 0.1) is 0 Å². The molecule has 0 aromatic carbocycles. The maximum Gasteiger partial charge on any atom is 1.00 e. The van der Waals surface area contributed by atoms with Crippen LogP contribution in [-0.2, 0) is 4.79 Å². The van der Waals surface area contributed by atoms with Crippen LogP contribution >= 0.6 is 0 Å². The fraction of sp³-hybridized carbons (Fsp3) is 0.833. The molecule has 0 amide bonds. The standard InChI is InChI=1S/C6H12O2.K.Na/c1-2-3-4-5-6(7)8;;/h2-5H2,1H3,(H,7,8);;/q;2*+1/p-1. The zero-order valence-corrected chi connectivity index (χ0v) is 12.3. The average molecular weight is 177 g/mol. The van der Waals surface area contributed by atoms with E-state index in [1.165, 1.54) is 0 Å². The zero-order valence-electron chi connectivity index (χ0n) is 7.14. The minimum Gasteiger partial charge on any atom is -0.550 e. The van der Waals surface area contributed by atoms with Gasteiger partial charge in [0.25, 0.3) is 0 Å². The number of unbranched alkanes of at least 4 members (excludes halogenated alkanes) is 2. The number of rotatable bonds is 4. The summed E-state index contributed by atoms with van der Waals surface area (Å²) in [5.74, 6) is -0.932. The van der Waals surface area contributed by atoms with Crippen LogP contribution in [0.3, 0.4) is 0 Å². The Morgan fingerprint density at radius 1 is 1.40 bits per heavy atom. The van der Waals surface area contributed by atoms with Gasteiger partial charge in [-0.25, -0.2) is 0 Å². The molecular formula is C6H11KNaO2+. The van der Waals surface area contributed by atoms with Gasteiger partial charge < -0.3 is 9.90 Å². The average Bonchev–Trinajstić information content (AvgIpc) is 1.66. The van der Waals surface area contributed by atoms with Crippen LogP contribution in [0.1, 0.15) is 32.6 Å². The number of carbonyl (C=O) groups excluding carboxylic acids is 1. The Labute approximate surface area is 127 Å². The molecule has 0 saturated carbocycles. The van der Waals surface area contributed by atoms with E-state index in [-0.39, 0.29) is 87.4 Å². The van der Waals surface area contributed by atoms with E-state index in [4.69, 9.17) is 0 Å². The Hall–Kier alpha value is 2.11. The Kier molecular flexibility index (Phi) is 24.6. The summed E-state index contributed by atoms with van der Waals surface area (Å²) in [6, 6.07) is 0. The summed E-state index contributed by atoms with van der Waals surface area (Å²) in [6.07, 6.45) is 3.04. The molecule has 4 heteroatoms. The first kappa shape index (κ1) is 18.0. The summed E-state index contributed by atoms with van der Waals surface area (Å²) < 4.78 is 0. The normalized spacial score (nSPS) is 7.30. The molecule has 0 aliphatic rings. The van der Waals surface area contributed by atoms with Crippen molar-refractivity contribution < 1.29 is 90.8 Å². The molecule has 0 radical (unpaired) electrons. The van der Waals surface area contributed by atoms with Crippen molar-refractivity contribution in [3.8, 4) is 0 Å². The van der Waals surface area contributed by atoms with Crippen LogP contribution in [0.25, 0.3) is 0 Å². The van der Waals surface area contributed by atoms with Gasteiger partial charge in [-0.15, -0.1) is 0 Å². The van der Waals surface area contributed by atoms with Crippen molar-refractivity contribution in [3.63, 3.8) is 0 Å². The topological polar surface area (TPSA) is 40.1 Å². The first-order valence-corrected chi connectivity index (χ1v) is 2.97. The molecule has 2 nitrogen and oxygen atoms in total. The maximum absolute atomic E-state index is 9.76. The molecule has 10 heavy (non-hydrogen) atoms. The number of carbonyl (C=O) groups is 1. The molecule has 0 aliphatic heterocycles. The predicted molar refractivity (Wildman–Crippen MR) is 29.1 cm³/mol. The Balaban J connectivity index is -0.000000245. The van der Waals surface area contributed by atoms with Crippen molar-refractivity contribution in [3.05, 3.63) is 0 Å². The van der Waals surface area contributed by atoms with E-state index in [0.717, 1.165) is 19.3 Å². The van der Waals surface area contributed by atoms with Crippen molar-refractivity contribution in [2.75, 3.05) is 0 Å². The summed E-state index contributed by atoms with van der Waals surface area (Å²) in [5.41, 5.74) is 0. The van der Waals surface area contributed by atoms with Gasteiger partial charge in [0.05, 0.1) is 0 Å². The van der Waals surface area contributed by atoms with Gasteiger partial charge in [0.15, 0.2) is 0 Å². The molecule has 0 saturated heterocycles. The van der Waals surface area contributed by atoms with Crippen LogP contribution in [-0.4, -0.2) is 5.97 Å². The second kappa shape index (κ2) is 13.7. The summed E-state index contributed by atoms with van der Waals surface area (Å²) in [5, 5.41) is 9.76. The molecule has 0 N–H and O–H groups in total. The Morgan fingerprint density at radius 2 is 1.90 bits per heavy atom. The van der Waals surface area contributed by atoms with Crippen molar-refractivity contribution in [2.45, 2.75) is 32.6 Å². The molecule has 48 valence electrons. The van der Waals surface area contributed by atoms with Crippen molar-refractivity contribution in [1.29, 1.82) is 0 Å². The monoisotopic (exact) mass is 177 g/mol. The third-order valence-electron chi connectivity index (χ3n) is 0.984. The molecule has 0 atom stereocenters. The van der Waals surface area contributed by atoms with E-state index in [9.17, 15) is 9.90 Å². The molecule has 0 heterocycles. The molecule has 0 aromatic rings.